The quantitative estimate of drug-likeness (QED) is 0.416. The molecule has 1 rings (SSSR count). The molecule has 8 heteroatoms. The van der Waals surface area contributed by atoms with Gasteiger partial charge in [0.05, 0.1) is 11.5 Å². The minimum atomic E-state index is -0.455. The molecule has 21 heavy (non-hydrogen) atoms. The minimum absolute atomic E-state index is 0.0153. The standard InChI is InChI=1S/C13H21ClN4O3/c1-5-10(6-2)17(7-8-21-4)12-11(18(19)20)9(3)15-13(14)16-12/h10H,5-8H2,1-4H3. The normalized spacial score (nSPS) is 11.0. The van der Waals surface area contributed by atoms with Gasteiger partial charge in [-0.3, -0.25) is 10.1 Å². The molecule has 7 nitrogen and oxygen atoms in total. The van der Waals surface area contributed by atoms with Crippen molar-refractivity contribution in [3.05, 3.63) is 21.1 Å². The zero-order chi connectivity index (χ0) is 16.0. The Labute approximate surface area is 129 Å². The van der Waals surface area contributed by atoms with Gasteiger partial charge in [0.1, 0.15) is 5.69 Å². The van der Waals surface area contributed by atoms with Crippen LogP contribution in [0.4, 0.5) is 11.5 Å². The number of nitro groups is 1. The summed E-state index contributed by atoms with van der Waals surface area (Å²) in [7, 11) is 1.59. The number of nitrogens with zero attached hydrogens (tertiary/aromatic N) is 4. The molecule has 0 saturated heterocycles. The van der Waals surface area contributed by atoms with Gasteiger partial charge in [0, 0.05) is 19.7 Å². The fourth-order valence-electron chi connectivity index (χ4n) is 2.31. The number of hydrogen-bond acceptors (Lipinski definition) is 6. The summed E-state index contributed by atoms with van der Waals surface area (Å²) in [6.45, 7) is 6.60. The zero-order valence-corrected chi connectivity index (χ0v) is 13.6. The average Bonchev–Trinajstić information content (AvgIpc) is 2.42. The highest BCUT2D eigenvalue weighted by Gasteiger charge is 2.29. The molecule has 0 spiro atoms. The van der Waals surface area contributed by atoms with Gasteiger partial charge in [-0.25, -0.2) is 4.98 Å². The molecule has 0 unspecified atom stereocenters. The maximum absolute atomic E-state index is 11.4. The van der Waals surface area contributed by atoms with Gasteiger partial charge in [-0.15, -0.1) is 0 Å². The number of methoxy groups -OCH3 is 1. The van der Waals surface area contributed by atoms with E-state index >= 15 is 0 Å². The maximum Gasteiger partial charge on any atom is 0.332 e. The van der Waals surface area contributed by atoms with Crippen LogP contribution in [0.2, 0.25) is 5.28 Å². The second-order valence-electron chi connectivity index (χ2n) is 4.66. The third kappa shape index (κ3) is 4.25. The summed E-state index contributed by atoms with van der Waals surface area (Å²) in [4.78, 5) is 20.8. The van der Waals surface area contributed by atoms with Crippen molar-refractivity contribution in [1.82, 2.24) is 9.97 Å². The van der Waals surface area contributed by atoms with Crippen molar-refractivity contribution >= 4 is 23.1 Å². The number of ether oxygens (including phenoxy) is 1. The van der Waals surface area contributed by atoms with Crippen LogP contribution < -0.4 is 4.90 Å². The summed E-state index contributed by atoms with van der Waals surface area (Å²) < 4.78 is 5.11. The van der Waals surface area contributed by atoms with Crippen LogP contribution in [0.25, 0.3) is 0 Å². The third-order valence-corrected chi connectivity index (χ3v) is 3.56. The van der Waals surface area contributed by atoms with Gasteiger partial charge < -0.3 is 9.64 Å². The number of rotatable bonds is 8. The largest absolute Gasteiger partial charge is 0.383 e. The van der Waals surface area contributed by atoms with Crippen LogP contribution in [0.1, 0.15) is 32.4 Å². The summed E-state index contributed by atoms with van der Waals surface area (Å²) in [6, 6.07) is 0.129. The minimum Gasteiger partial charge on any atom is -0.383 e. The van der Waals surface area contributed by atoms with Crippen molar-refractivity contribution in [3.63, 3.8) is 0 Å². The molecule has 0 atom stereocenters. The summed E-state index contributed by atoms with van der Waals surface area (Å²) in [6.07, 6.45) is 1.69. The molecule has 0 aromatic carbocycles. The first-order valence-corrected chi connectivity index (χ1v) is 7.28. The highest BCUT2D eigenvalue weighted by molar-refractivity contribution is 6.28. The fraction of sp³-hybridized carbons (Fsp3) is 0.692. The molecule has 1 heterocycles. The molecular formula is C13H21ClN4O3. The Morgan fingerprint density at radius 3 is 2.48 bits per heavy atom. The molecule has 0 bridgehead atoms. The van der Waals surface area contributed by atoms with Gasteiger partial charge in [0.2, 0.25) is 11.1 Å². The molecule has 0 aliphatic rings. The van der Waals surface area contributed by atoms with Crippen LogP contribution >= 0.6 is 11.6 Å². The molecule has 0 fully saturated rings. The van der Waals surface area contributed by atoms with Crippen LogP contribution in [0, 0.1) is 17.0 Å². The van der Waals surface area contributed by atoms with Gasteiger partial charge >= 0.3 is 5.69 Å². The lowest BCUT2D eigenvalue weighted by Gasteiger charge is -2.31. The first-order valence-electron chi connectivity index (χ1n) is 6.90. The Morgan fingerprint density at radius 1 is 1.38 bits per heavy atom. The Bertz CT molecular complexity index is 495. The lowest BCUT2D eigenvalue weighted by atomic mass is 10.1. The van der Waals surface area contributed by atoms with E-state index in [2.05, 4.69) is 9.97 Å². The Balaban J connectivity index is 3.37. The summed E-state index contributed by atoms with van der Waals surface area (Å²) >= 11 is 5.89. The van der Waals surface area contributed by atoms with E-state index in [1.54, 1.807) is 14.0 Å². The van der Waals surface area contributed by atoms with E-state index in [1.165, 1.54) is 0 Å². The second kappa shape index (κ2) is 8.09. The predicted octanol–water partition coefficient (Wildman–Crippen LogP) is 2.99. The van der Waals surface area contributed by atoms with Crippen molar-refractivity contribution in [2.45, 2.75) is 39.7 Å². The highest BCUT2D eigenvalue weighted by Crippen LogP contribution is 2.32. The Kier molecular flexibility index (Phi) is 6.77. The van der Waals surface area contributed by atoms with Crippen LogP contribution in [0.15, 0.2) is 0 Å². The lowest BCUT2D eigenvalue weighted by Crippen LogP contribution is -2.38. The first kappa shape index (κ1) is 17.6. The number of halogens is 1. The van der Waals surface area contributed by atoms with Gasteiger partial charge in [-0.1, -0.05) is 13.8 Å². The van der Waals surface area contributed by atoms with E-state index < -0.39 is 4.92 Å². The smallest absolute Gasteiger partial charge is 0.332 e. The first-order chi connectivity index (χ1) is 9.96. The van der Waals surface area contributed by atoms with Gasteiger partial charge in [0.15, 0.2) is 0 Å². The molecule has 0 saturated carbocycles. The van der Waals surface area contributed by atoms with Crippen molar-refractivity contribution in [1.29, 1.82) is 0 Å². The Morgan fingerprint density at radius 2 is 2.00 bits per heavy atom. The van der Waals surface area contributed by atoms with E-state index in [9.17, 15) is 10.1 Å². The molecule has 0 radical (unpaired) electrons. The van der Waals surface area contributed by atoms with Gasteiger partial charge in [-0.05, 0) is 31.4 Å². The zero-order valence-electron chi connectivity index (χ0n) is 12.8. The van der Waals surface area contributed by atoms with Crippen molar-refractivity contribution < 1.29 is 9.66 Å². The van der Waals surface area contributed by atoms with E-state index in [4.69, 9.17) is 16.3 Å². The average molecular weight is 317 g/mol. The predicted molar refractivity (Wildman–Crippen MR) is 82.0 cm³/mol. The summed E-state index contributed by atoms with van der Waals surface area (Å²) in [5.74, 6) is 0.267. The number of aryl methyl sites for hydroxylation is 1. The lowest BCUT2D eigenvalue weighted by molar-refractivity contribution is -0.385. The van der Waals surface area contributed by atoms with E-state index in [0.717, 1.165) is 12.8 Å². The molecule has 1 aromatic rings. The van der Waals surface area contributed by atoms with E-state index in [0.29, 0.717) is 13.2 Å². The molecular weight excluding hydrogens is 296 g/mol. The van der Waals surface area contributed by atoms with Crippen LogP contribution in [0.5, 0.6) is 0 Å². The molecule has 0 N–H and O–H groups in total. The SMILES string of the molecule is CCC(CC)N(CCOC)c1nc(Cl)nc(C)c1[N+](=O)[O-]. The van der Waals surface area contributed by atoms with E-state index in [-0.39, 0.29) is 28.5 Å². The van der Waals surface area contributed by atoms with Crippen molar-refractivity contribution in [3.8, 4) is 0 Å². The van der Waals surface area contributed by atoms with Crippen LogP contribution in [-0.4, -0.2) is 41.2 Å². The maximum atomic E-state index is 11.4. The van der Waals surface area contributed by atoms with Crippen molar-refractivity contribution in [2.75, 3.05) is 25.2 Å². The molecule has 1 aromatic heterocycles. The summed E-state index contributed by atoms with van der Waals surface area (Å²) in [5.41, 5.74) is 0.172. The summed E-state index contributed by atoms with van der Waals surface area (Å²) in [5, 5.41) is 11.4. The number of anilines is 1. The topological polar surface area (TPSA) is 81.4 Å². The van der Waals surface area contributed by atoms with Gasteiger partial charge in [-0.2, -0.15) is 4.98 Å². The molecule has 0 amide bonds. The number of hydrogen-bond donors (Lipinski definition) is 0. The monoisotopic (exact) mass is 316 g/mol. The fourth-order valence-corrected chi connectivity index (χ4v) is 2.52. The van der Waals surface area contributed by atoms with Gasteiger partial charge in [0.25, 0.3) is 0 Å². The van der Waals surface area contributed by atoms with Crippen LogP contribution in [-0.2, 0) is 4.74 Å². The second-order valence-corrected chi connectivity index (χ2v) is 5.00. The third-order valence-electron chi connectivity index (χ3n) is 3.39. The molecule has 0 aliphatic heterocycles. The van der Waals surface area contributed by atoms with E-state index in [1.807, 2.05) is 18.7 Å². The van der Waals surface area contributed by atoms with Crippen LogP contribution in [0.3, 0.4) is 0 Å². The number of aromatic nitrogens is 2. The van der Waals surface area contributed by atoms with Crippen molar-refractivity contribution in [2.24, 2.45) is 0 Å². The Hall–Kier alpha value is -1.47. The molecule has 0 aliphatic carbocycles. The molecule has 118 valence electrons. The highest BCUT2D eigenvalue weighted by atomic mass is 35.5.